The predicted molar refractivity (Wildman–Crippen MR) is 71.5 cm³/mol. The molecule has 17 heavy (non-hydrogen) atoms. The summed E-state index contributed by atoms with van der Waals surface area (Å²) in [6.45, 7) is 11.6. The number of aryl methyl sites for hydroxylation is 1. The monoisotopic (exact) mass is 238 g/mol. The highest BCUT2D eigenvalue weighted by atomic mass is 16.3. The van der Waals surface area contributed by atoms with E-state index in [2.05, 4.69) is 39.7 Å². The van der Waals surface area contributed by atoms with Crippen LogP contribution in [-0.4, -0.2) is 14.9 Å². The average molecular weight is 238 g/mol. The first kappa shape index (κ1) is 14.1. The lowest BCUT2D eigenvalue weighted by atomic mass is 9.88. The number of rotatable bonds is 5. The number of aromatic nitrogens is 2. The van der Waals surface area contributed by atoms with Gasteiger partial charge in [-0.2, -0.15) is 5.10 Å². The van der Waals surface area contributed by atoms with Gasteiger partial charge >= 0.3 is 0 Å². The Labute approximate surface area is 105 Å². The molecule has 0 aliphatic carbocycles. The minimum Gasteiger partial charge on any atom is -0.493 e. The third-order valence-electron chi connectivity index (χ3n) is 2.95. The fraction of sp³-hybridized carbons (Fsp3) is 0.786. The highest BCUT2D eigenvalue weighted by molar-refractivity contribution is 5.35. The van der Waals surface area contributed by atoms with Gasteiger partial charge in [0.05, 0.1) is 5.69 Å². The van der Waals surface area contributed by atoms with Crippen molar-refractivity contribution in [2.24, 2.45) is 0 Å². The van der Waals surface area contributed by atoms with Crippen LogP contribution >= 0.6 is 0 Å². The first-order valence-corrected chi connectivity index (χ1v) is 6.70. The van der Waals surface area contributed by atoms with E-state index in [1.165, 1.54) is 0 Å². The largest absolute Gasteiger partial charge is 0.493 e. The summed E-state index contributed by atoms with van der Waals surface area (Å²) in [4.78, 5) is 0. The molecule has 0 aliphatic heterocycles. The van der Waals surface area contributed by atoms with Crippen molar-refractivity contribution in [2.75, 3.05) is 0 Å². The van der Waals surface area contributed by atoms with Crippen molar-refractivity contribution >= 4 is 0 Å². The van der Waals surface area contributed by atoms with Gasteiger partial charge in [0, 0.05) is 17.5 Å². The lowest BCUT2D eigenvalue weighted by Gasteiger charge is -2.17. The summed E-state index contributed by atoms with van der Waals surface area (Å²) in [5.41, 5.74) is 2.09. The fourth-order valence-electron chi connectivity index (χ4n) is 2.04. The number of hydrogen-bond donors (Lipinski definition) is 1. The maximum absolute atomic E-state index is 10.2. The van der Waals surface area contributed by atoms with Crippen LogP contribution in [0.3, 0.4) is 0 Å². The summed E-state index contributed by atoms with van der Waals surface area (Å²) in [7, 11) is 0. The molecule has 0 amide bonds. The molecule has 1 heterocycles. The standard InChI is InChI=1S/C14H26N2O/c1-6-8-10-16-13(17)11(9-7-2)12(15-16)14(3,4)5/h17H,6-10H2,1-5H3. The molecule has 1 aromatic heterocycles. The maximum Gasteiger partial charge on any atom is 0.212 e. The highest BCUT2D eigenvalue weighted by Gasteiger charge is 2.25. The smallest absolute Gasteiger partial charge is 0.212 e. The number of nitrogens with zero attached hydrogens (tertiary/aromatic N) is 2. The van der Waals surface area contributed by atoms with E-state index in [0.29, 0.717) is 5.88 Å². The summed E-state index contributed by atoms with van der Waals surface area (Å²) in [5, 5.41) is 14.8. The molecule has 0 saturated heterocycles. The van der Waals surface area contributed by atoms with Gasteiger partial charge in [-0.1, -0.05) is 47.5 Å². The Balaban J connectivity index is 3.10. The van der Waals surface area contributed by atoms with E-state index in [1.54, 1.807) is 4.68 Å². The Morgan fingerprint density at radius 1 is 1.18 bits per heavy atom. The lowest BCUT2D eigenvalue weighted by molar-refractivity contribution is 0.388. The molecule has 0 unspecified atom stereocenters. The Morgan fingerprint density at radius 2 is 1.82 bits per heavy atom. The van der Waals surface area contributed by atoms with Crippen LogP contribution < -0.4 is 0 Å². The molecule has 0 atom stereocenters. The summed E-state index contributed by atoms with van der Waals surface area (Å²) >= 11 is 0. The van der Waals surface area contributed by atoms with Crippen molar-refractivity contribution in [3.63, 3.8) is 0 Å². The van der Waals surface area contributed by atoms with Crippen LogP contribution in [0.1, 0.15) is 65.1 Å². The van der Waals surface area contributed by atoms with Gasteiger partial charge in [0.25, 0.3) is 0 Å². The summed E-state index contributed by atoms with van der Waals surface area (Å²) < 4.78 is 1.77. The summed E-state index contributed by atoms with van der Waals surface area (Å²) in [5.74, 6) is 0.380. The second-order valence-electron chi connectivity index (χ2n) is 5.73. The molecule has 0 bridgehead atoms. The van der Waals surface area contributed by atoms with Crippen molar-refractivity contribution in [1.29, 1.82) is 0 Å². The molecule has 0 fully saturated rings. The van der Waals surface area contributed by atoms with E-state index in [1.807, 2.05) is 0 Å². The third-order valence-corrected chi connectivity index (χ3v) is 2.95. The van der Waals surface area contributed by atoms with Gasteiger partial charge in [-0.05, 0) is 12.8 Å². The molecule has 98 valence electrons. The predicted octanol–water partition coefficient (Wildman–Crippen LogP) is 3.64. The third kappa shape index (κ3) is 3.24. The minimum absolute atomic E-state index is 0.000548. The van der Waals surface area contributed by atoms with E-state index < -0.39 is 0 Å². The van der Waals surface area contributed by atoms with E-state index in [9.17, 15) is 5.11 Å². The second kappa shape index (κ2) is 5.56. The Kier molecular flexibility index (Phi) is 4.61. The van der Waals surface area contributed by atoms with Crippen molar-refractivity contribution in [1.82, 2.24) is 9.78 Å². The van der Waals surface area contributed by atoms with E-state index in [0.717, 1.165) is 43.5 Å². The van der Waals surface area contributed by atoms with Crippen LogP contribution in [0.25, 0.3) is 0 Å². The molecular formula is C14H26N2O. The number of aromatic hydroxyl groups is 1. The van der Waals surface area contributed by atoms with E-state index >= 15 is 0 Å². The van der Waals surface area contributed by atoms with Crippen molar-refractivity contribution in [3.05, 3.63) is 11.3 Å². The Morgan fingerprint density at radius 3 is 2.29 bits per heavy atom. The van der Waals surface area contributed by atoms with Crippen LogP contribution in [0.2, 0.25) is 0 Å². The van der Waals surface area contributed by atoms with Crippen LogP contribution in [0.5, 0.6) is 5.88 Å². The molecule has 0 radical (unpaired) electrons. The fourth-order valence-corrected chi connectivity index (χ4v) is 2.04. The Hall–Kier alpha value is -0.990. The Bertz CT molecular complexity index is 361. The summed E-state index contributed by atoms with van der Waals surface area (Å²) in [6, 6.07) is 0. The van der Waals surface area contributed by atoms with Crippen molar-refractivity contribution in [2.45, 2.75) is 72.3 Å². The normalized spacial score (nSPS) is 12.1. The quantitative estimate of drug-likeness (QED) is 0.850. The molecule has 1 aromatic rings. The topological polar surface area (TPSA) is 38.0 Å². The average Bonchev–Trinajstić information content (AvgIpc) is 2.54. The van der Waals surface area contributed by atoms with Gasteiger partial charge in [0.2, 0.25) is 5.88 Å². The van der Waals surface area contributed by atoms with Crippen LogP contribution in [-0.2, 0) is 18.4 Å². The minimum atomic E-state index is -0.000548. The van der Waals surface area contributed by atoms with Gasteiger partial charge in [0.15, 0.2) is 0 Å². The molecule has 0 saturated carbocycles. The second-order valence-corrected chi connectivity index (χ2v) is 5.73. The van der Waals surface area contributed by atoms with Gasteiger partial charge in [-0.25, -0.2) is 4.68 Å². The highest BCUT2D eigenvalue weighted by Crippen LogP contribution is 2.31. The van der Waals surface area contributed by atoms with Crippen LogP contribution in [0, 0.1) is 0 Å². The van der Waals surface area contributed by atoms with E-state index in [4.69, 9.17) is 0 Å². The molecular weight excluding hydrogens is 212 g/mol. The van der Waals surface area contributed by atoms with Gasteiger partial charge in [0.1, 0.15) is 0 Å². The van der Waals surface area contributed by atoms with Crippen molar-refractivity contribution < 1.29 is 5.11 Å². The zero-order chi connectivity index (χ0) is 13.1. The molecule has 0 aliphatic rings. The molecule has 1 N–H and O–H groups in total. The maximum atomic E-state index is 10.2. The summed E-state index contributed by atoms with van der Waals surface area (Å²) in [6.07, 6.45) is 4.12. The van der Waals surface area contributed by atoms with Crippen LogP contribution in [0.15, 0.2) is 0 Å². The van der Waals surface area contributed by atoms with Crippen molar-refractivity contribution in [3.8, 4) is 5.88 Å². The molecule has 3 nitrogen and oxygen atoms in total. The van der Waals surface area contributed by atoms with E-state index in [-0.39, 0.29) is 5.41 Å². The number of unbranched alkanes of at least 4 members (excludes halogenated alkanes) is 1. The van der Waals surface area contributed by atoms with Gasteiger partial charge in [-0.3, -0.25) is 0 Å². The zero-order valence-corrected chi connectivity index (χ0v) is 11.9. The zero-order valence-electron chi connectivity index (χ0n) is 11.9. The molecule has 0 spiro atoms. The molecule has 1 rings (SSSR count). The first-order chi connectivity index (χ1) is 7.91. The molecule has 3 heteroatoms. The lowest BCUT2D eigenvalue weighted by Crippen LogP contribution is -2.15. The van der Waals surface area contributed by atoms with Gasteiger partial charge < -0.3 is 5.11 Å². The number of hydrogen-bond acceptors (Lipinski definition) is 2. The van der Waals surface area contributed by atoms with Gasteiger partial charge in [-0.15, -0.1) is 0 Å². The SMILES string of the molecule is CCCCn1nc(C(C)(C)C)c(CCC)c1O. The van der Waals surface area contributed by atoms with Crippen LogP contribution in [0.4, 0.5) is 0 Å². The first-order valence-electron chi connectivity index (χ1n) is 6.70. The molecule has 0 aromatic carbocycles.